The van der Waals surface area contributed by atoms with Gasteiger partial charge in [0.2, 0.25) is 0 Å². The van der Waals surface area contributed by atoms with E-state index in [0.29, 0.717) is 23.7 Å². The van der Waals surface area contributed by atoms with Crippen molar-refractivity contribution in [1.82, 2.24) is 15.2 Å². The van der Waals surface area contributed by atoms with Crippen LogP contribution in [0.4, 0.5) is 0 Å². The number of nitrogens with one attached hydrogen (secondary N) is 1. The van der Waals surface area contributed by atoms with Crippen molar-refractivity contribution in [3.05, 3.63) is 34.6 Å². The Morgan fingerprint density at radius 1 is 1.43 bits per heavy atom. The van der Waals surface area contributed by atoms with Crippen molar-refractivity contribution in [2.45, 2.75) is 45.4 Å². The van der Waals surface area contributed by atoms with Gasteiger partial charge >= 0.3 is 5.97 Å². The molecule has 0 saturated heterocycles. The first-order valence-corrected chi connectivity index (χ1v) is 7.39. The van der Waals surface area contributed by atoms with Crippen molar-refractivity contribution < 1.29 is 9.90 Å². The summed E-state index contributed by atoms with van der Waals surface area (Å²) in [4.78, 5) is 15.9. The van der Waals surface area contributed by atoms with Gasteiger partial charge < -0.3 is 5.11 Å². The Balaban J connectivity index is 2.18. The second-order valence-electron chi connectivity index (χ2n) is 5.63. The first-order valence-electron chi connectivity index (χ1n) is 7.39. The van der Waals surface area contributed by atoms with Gasteiger partial charge in [-0.1, -0.05) is 19.4 Å². The molecule has 1 aliphatic carbocycles. The molecule has 1 heterocycles. The molecular weight excluding hydrogens is 266 g/mol. The van der Waals surface area contributed by atoms with Crippen LogP contribution in [0.5, 0.6) is 0 Å². The maximum absolute atomic E-state index is 11.5. The van der Waals surface area contributed by atoms with Crippen LogP contribution in [-0.4, -0.2) is 26.3 Å². The number of nitrogens with zero attached hydrogens (tertiary/aromatic N) is 2. The van der Waals surface area contributed by atoms with Crippen LogP contribution in [-0.2, 0) is 6.42 Å². The maximum Gasteiger partial charge on any atom is 0.335 e. The van der Waals surface area contributed by atoms with E-state index in [-0.39, 0.29) is 0 Å². The second-order valence-corrected chi connectivity index (χ2v) is 5.63. The average Bonchev–Trinajstić information content (AvgIpc) is 2.82. The van der Waals surface area contributed by atoms with Gasteiger partial charge in [-0.15, -0.1) is 0 Å². The van der Waals surface area contributed by atoms with E-state index in [0.717, 1.165) is 29.8 Å². The van der Waals surface area contributed by atoms with Crippen molar-refractivity contribution in [1.29, 1.82) is 0 Å². The lowest BCUT2D eigenvalue weighted by Crippen LogP contribution is -2.13. The van der Waals surface area contributed by atoms with Crippen LogP contribution < -0.4 is 0 Å². The number of carboxylic acids is 1. The molecule has 2 aromatic rings. The summed E-state index contributed by atoms with van der Waals surface area (Å²) in [6.07, 6.45) is 4.27. The lowest BCUT2D eigenvalue weighted by atomic mass is 9.77. The number of aromatic nitrogens is 3. The maximum atomic E-state index is 11.5. The molecule has 2 N–H and O–H groups in total. The van der Waals surface area contributed by atoms with Crippen molar-refractivity contribution in [2.24, 2.45) is 0 Å². The predicted molar refractivity (Wildman–Crippen MR) is 79.5 cm³/mol. The summed E-state index contributed by atoms with van der Waals surface area (Å²) in [5.74, 6) is 0.952. The highest BCUT2D eigenvalue weighted by Crippen LogP contribution is 2.41. The topological polar surface area (TPSA) is 78.9 Å². The highest BCUT2D eigenvalue weighted by Gasteiger charge is 2.26. The lowest BCUT2D eigenvalue weighted by Gasteiger charge is -2.28. The second kappa shape index (κ2) is 5.31. The van der Waals surface area contributed by atoms with Gasteiger partial charge in [0.1, 0.15) is 5.82 Å². The first-order chi connectivity index (χ1) is 10.1. The minimum absolute atomic E-state index is 0.359. The van der Waals surface area contributed by atoms with Gasteiger partial charge in [-0.3, -0.25) is 5.10 Å². The van der Waals surface area contributed by atoms with Crippen molar-refractivity contribution >= 4 is 5.97 Å². The fourth-order valence-corrected chi connectivity index (χ4v) is 2.87. The van der Waals surface area contributed by atoms with Gasteiger partial charge in [-0.05, 0) is 49.3 Å². The summed E-state index contributed by atoms with van der Waals surface area (Å²) in [7, 11) is 0. The number of carbonyl (C=O) groups is 1. The number of hydrogen-bond donors (Lipinski definition) is 2. The third kappa shape index (κ3) is 2.44. The molecule has 0 amide bonds. The summed E-state index contributed by atoms with van der Waals surface area (Å²) in [6, 6.07) is 3.80. The van der Waals surface area contributed by atoms with Crippen molar-refractivity contribution in [3.63, 3.8) is 0 Å². The van der Waals surface area contributed by atoms with E-state index in [1.807, 2.05) is 19.9 Å². The molecule has 1 aromatic carbocycles. The Labute approximate surface area is 123 Å². The number of benzene rings is 1. The zero-order valence-corrected chi connectivity index (χ0v) is 12.3. The molecule has 0 atom stereocenters. The molecule has 5 nitrogen and oxygen atoms in total. The van der Waals surface area contributed by atoms with E-state index in [9.17, 15) is 9.90 Å². The van der Waals surface area contributed by atoms with Crippen LogP contribution >= 0.6 is 0 Å². The number of aryl methyl sites for hydroxylation is 2. The molecule has 21 heavy (non-hydrogen) atoms. The Morgan fingerprint density at radius 3 is 2.67 bits per heavy atom. The number of rotatable bonds is 4. The van der Waals surface area contributed by atoms with E-state index in [4.69, 9.17) is 0 Å². The lowest BCUT2D eigenvalue weighted by molar-refractivity contribution is 0.0695. The Hall–Kier alpha value is -2.17. The number of hydrogen-bond acceptors (Lipinski definition) is 3. The zero-order valence-electron chi connectivity index (χ0n) is 12.3. The molecule has 1 saturated carbocycles. The number of aromatic carboxylic acids is 1. The van der Waals surface area contributed by atoms with Gasteiger partial charge in [0.25, 0.3) is 0 Å². The quantitative estimate of drug-likeness (QED) is 0.903. The molecule has 110 valence electrons. The monoisotopic (exact) mass is 285 g/mol. The Kier molecular flexibility index (Phi) is 3.49. The Morgan fingerprint density at radius 2 is 2.19 bits per heavy atom. The molecule has 1 aromatic heterocycles. The minimum atomic E-state index is -0.888. The van der Waals surface area contributed by atoms with E-state index < -0.39 is 5.97 Å². The fraction of sp³-hybridized carbons (Fsp3) is 0.438. The van der Waals surface area contributed by atoms with Crippen LogP contribution in [0.3, 0.4) is 0 Å². The van der Waals surface area contributed by atoms with Gasteiger partial charge in [0.05, 0.1) is 5.56 Å². The molecule has 5 heteroatoms. The SMILES string of the molecule is CCc1cc(C2CCC2)c(-c2n[nH]c(C)n2)cc1C(=O)O. The van der Waals surface area contributed by atoms with E-state index in [1.165, 1.54) is 12.0 Å². The highest BCUT2D eigenvalue weighted by atomic mass is 16.4. The summed E-state index contributed by atoms with van der Waals surface area (Å²) in [5.41, 5.74) is 3.30. The van der Waals surface area contributed by atoms with E-state index >= 15 is 0 Å². The molecule has 0 aliphatic heterocycles. The Bertz CT molecular complexity index is 687. The van der Waals surface area contributed by atoms with E-state index in [1.54, 1.807) is 6.07 Å². The van der Waals surface area contributed by atoms with Crippen LogP contribution in [0.15, 0.2) is 12.1 Å². The molecule has 0 bridgehead atoms. The number of H-pyrrole nitrogens is 1. The standard InChI is InChI=1S/C16H19N3O2/c1-3-10-7-12(11-5-4-6-11)14(8-13(10)16(20)21)15-17-9(2)18-19-15/h7-8,11H,3-6H2,1-2H3,(H,20,21)(H,17,18,19). The summed E-state index contributed by atoms with van der Waals surface area (Å²) in [6.45, 7) is 3.83. The van der Waals surface area contributed by atoms with Gasteiger partial charge in [0.15, 0.2) is 5.82 Å². The molecule has 3 rings (SSSR count). The predicted octanol–water partition coefficient (Wildman–Crippen LogP) is 3.31. The van der Waals surface area contributed by atoms with Crippen LogP contribution in [0, 0.1) is 6.92 Å². The molecule has 0 spiro atoms. The van der Waals surface area contributed by atoms with Gasteiger partial charge in [-0.2, -0.15) is 5.10 Å². The number of aromatic amines is 1. The molecular formula is C16H19N3O2. The zero-order chi connectivity index (χ0) is 15.0. The molecule has 0 radical (unpaired) electrons. The van der Waals surface area contributed by atoms with Crippen LogP contribution in [0.2, 0.25) is 0 Å². The molecule has 1 aliphatic rings. The summed E-state index contributed by atoms with van der Waals surface area (Å²) >= 11 is 0. The largest absolute Gasteiger partial charge is 0.478 e. The first kappa shape index (κ1) is 13.8. The normalized spacial score (nSPS) is 15.0. The summed E-state index contributed by atoms with van der Waals surface area (Å²) < 4.78 is 0. The smallest absolute Gasteiger partial charge is 0.335 e. The minimum Gasteiger partial charge on any atom is -0.478 e. The van der Waals surface area contributed by atoms with E-state index in [2.05, 4.69) is 15.2 Å². The average molecular weight is 285 g/mol. The van der Waals surface area contributed by atoms with Crippen LogP contribution in [0.25, 0.3) is 11.4 Å². The van der Waals surface area contributed by atoms with Crippen LogP contribution in [0.1, 0.15) is 59.4 Å². The van der Waals surface area contributed by atoms with Gasteiger partial charge in [0, 0.05) is 5.56 Å². The van der Waals surface area contributed by atoms with Crippen molar-refractivity contribution in [2.75, 3.05) is 0 Å². The third-order valence-corrected chi connectivity index (χ3v) is 4.27. The summed E-state index contributed by atoms with van der Waals surface area (Å²) in [5, 5.41) is 16.5. The fourth-order valence-electron chi connectivity index (χ4n) is 2.87. The van der Waals surface area contributed by atoms with Gasteiger partial charge in [-0.25, -0.2) is 9.78 Å². The molecule has 1 fully saturated rings. The molecule has 0 unspecified atom stereocenters. The van der Waals surface area contributed by atoms with Crippen molar-refractivity contribution in [3.8, 4) is 11.4 Å². The third-order valence-electron chi connectivity index (χ3n) is 4.27. The number of carboxylic acid groups (broad SMARTS) is 1. The highest BCUT2D eigenvalue weighted by molar-refractivity contribution is 5.91.